The maximum absolute atomic E-state index is 10.4. The first-order chi connectivity index (χ1) is 9.24. The van der Waals surface area contributed by atoms with Crippen LogP contribution in [0.4, 0.5) is 0 Å². The van der Waals surface area contributed by atoms with E-state index in [1.807, 2.05) is 30.3 Å². The molecule has 1 heterocycles. The molecule has 0 aliphatic heterocycles. The number of thiophene rings is 1. The first-order valence-corrected chi connectivity index (χ1v) is 6.78. The molecule has 2 rings (SSSR count). The fourth-order valence-electron chi connectivity index (χ4n) is 1.57. The zero-order valence-electron chi connectivity index (χ0n) is 10.3. The number of hydrogen-bond donors (Lipinski definition) is 1. The van der Waals surface area contributed by atoms with Gasteiger partial charge in [-0.1, -0.05) is 18.2 Å². The lowest BCUT2D eigenvalue weighted by Crippen LogP contribution is -1.99. The fraction of sp³-hybridized carbons (Fsp3) is 0.133. The molecule has 0 unspecified atom stereocenters. The van der Waals surface area contributed by atoms with E-state index in [2.05, 4.69) is 11.4 Å². The van der Waals surface area contributed by atoms with Crippen LogP contribution in [0.25, 0.3) is 6.08 Å². The minimum atomic E-state index is -0.948. The second kappa shape index (κ2) is 6.75. The average Bonchev–Trinajstić information content (AvgIpc) is 2.91. The Balaban J connectivity index is 1.83. The maximum Gasteiger partial charge on any atom is 0.328 e. The zero-order chi connectivity index (χ0) is 13.5. The Morgan fingerprint density at radius 1 is 1.26 bits per heavy atom. The van der Waals surface area contributed by atoms with E-state index < -0.39 is 5.97 Å². The number of ether oxygens (including phenoxy) is 1. The van der Waals surface area contributed by atoms with Crippen LogP contribution in [0.3, 0.4) is 0 Å². The minimum absolute atomic E-state index is 0.644. The van der Waals surface area contributed by atoms with Gasteiger partial charge in [-0.2, -0.15) is 0 Å². The van der Waals surface area contributed by atoms with Crippen LogP contribution < -0.4 is 4.74 Å². The third kappa shape index (κ3) is 4.60. The SMILES string of the molecule is O=C(O)C=Cc1ccc(OCCc2cccs2)cc1. The molecule has 0 aliphatic carbocycles. The van der Waals surface area contributed by atoms with Gasteiger partial charge >= 0.3 is 5.97 Å². The van der Waals surface area contributed by atoms with Crippen molar-refractivity contribution in [2.75, 3.05) is 6.61 Å². The van der Waals surface area contributed by atoms with Crippen LogP contribution in [0, 0.1) is 0 Å². The van der Waals surface area contributed by atoms with Crippen LogP contribution in [0.5, 0.6) is 5.75 Å². The second-order valence-corrected chi connectivity index (χ2v) is 4.95. The number of hydrogen-bond acceptors (Lipinski definition) is 3. The summed E-state index contributed by atoms with van der Waals surface area (Å²) in [5.74, 6) is -0.152. The lowest BCUT2D eigenvalue weighted by Gasteiger charge is -2.05. The minimum Gasteiger partial charge on any atom is -0.493 e. The first-order valence-electron chi connectivity index (χ1n) is 5.90. The standard InChI is InChI=1S/C15H14O3S/c16-15(17)8-5-12-3-6-13(7-4-12)18-10-9-14-2-1-11-19-14/h1-8,11H,9-10H2,(H,16,17). The largest absolute Gasteiger partial charge is 0.493 e. The summed E-state index contributed by atoms with van der Waals surface area (Å²) in [4.78, 5) is 11.7. The molecule has 3 nitrogen and oxygen atoms in total. The highest BCUT2D eigenvalue weighted by molar-refractivity contribution is 7.09. The second-order valence-electron chi connectivity index (χ2n) is 3.92. The molecule has 2 aromatic rings. The van der Waals surface area contributed by atoms with Gasteiger partial charge in [-0.3, -0.25) is 0 Å². The summed E-state index contributed by atoms with van der Waals surface area (Å²) in [6.45, 7) is 0.644. The summed E-state index contributed by atoms with van der Waals surface area (Å²) >= 11 is 1.73. The van der Waals surface area contributed by atoms with Crippen molar-refractivity contribution in [2.45, 2.75) is 6.42 Å². The number of carbonyl (C=O) groups is 1. The molecule has 0 saturated carbocycles. The van der Waals surface area contributed by atoms with Gasteiger partial charge in [0.05, 0.1) is 6.61 Å². The molecule has 0 fully saturated rings. The summed E-state index contributed by atoms with van der Waals surface area (Å²) in [7, 11) is 0. The van der Waals surface area contributed by atoms with E-state index in [0.29, 0.717) is 6.61 Å². The van der Waals surface area contributed by atoms with Crippen molar-refractivity contribution in [2.24, 2.45) is 0 Å². The predicted octanol–water partition coefficient (Wildman–Crippen LogP) is 3.47. The molecule has 0 aliphatic rings. The van der Waals surface area contributed by atoms with Crippen LogP contribution in [0.1, 0.15) is 10.4 Å². The summed E-state index contributed by atoms with van der Waals surface area (Å²) in [5.41, 5.74) is 0.841. The normalized spacial score (nSPS) is 10.7. The monoisotopic (exact) mass is 274 g/mol. The molecule has 98 valence electrons. The van der Waals surface area contributed by atoms with Gasteiger partial charge in [-0.25, -0.2) is 4.79 Å². The fourth-order valence-corrected chi connectivity index (χ4v) is 2.26. The Morgan fingerprint density at radius 2 is 2.05 bits per heavy atom. The van der Waals surface area contributed by atoms with E-state index in [9.17, 15) is 4.79 Å². The smallest absolute Gasteiger partial charge is 0.328 e. The third-order valence-electron chi connectivity index (χ3n) is 2.50. The molecule has 19 heavy (non-hydrogen) atoms. The summed E-state index contributed by atoms with van der Waals surface area (Å²) in [5, 5.41) is 10.6. The molecule has 0 saturated heterocycles. The van der Waals surface area contributed by atoms with Crippen LogP contribution in [-0.2, 0) is 11.2 Å². The van der Waals surface area contributed by atoms with Crippen molar-refractivity contribution in [1.29, 1.82) is 0 Å². The zero-order valence-corrected chi connectivity index (χ0v) is 11.1. The number of carboxylic acid groups (broad SMARTS) is 1. The van der Waals surface area contributed by atoms with Gasteiger partial charge in [0.25, 0.3) is 0 Å². The molecule has 1 N–H and O–H groups in total. The van der Waals surface area contributed by atoms with Crippen LogP contribution >= 0.6 is 11.3 Å². The van der Waals surface area contributed by atoms with Crippen molar-refractivity contribution in [3.8, 4) is 5.75 Å². The topological polar surface area (TPSA) is 46.5 Å². The Kier molecular flexibility index (Phi) is 4.75. The van der Waals surface area contributed by atoms with Crippen LogP contribution in [-0.4, -0.2) is 17.7 Å². The number of rotatable bonds is 6. The number of carboxylic acids is 1. The van der Waals surface area contributed by atoms with Crippen molar-refractivity contribution in [3.05, 3.63) is 58.3 Å². The van der Waals surface area contributed by atoms with E-state index in [1.165, 1.54) is 4.88 Å². The highest BCUT2D eigenvalue weighted by atomic mass is 32.1. The molecular formula is C15H14O3S. The van der Waals surface area contributed by atoms with E-state index in [4.69, 9.17) is 9.84 Å². The third-order valence-corrected chi connectivity index (χ3v) is 3.43. The molecule has 0 radical (unpaired) electrons. The average molecular weight is 274 g/mol. The van der Waals surface area contributed by atoms with E-state index in [0.717, 1.165) is 23.8 Å². The molecule has 0 atom stereocenters. The highest BCUT2D eigenvalue weighted by Gasteiger charge is 1.97. The molecule has 1 aromatic carbocycles. The molecule has 1 aromatic heterocycles. The van der Waals surface area contributed by atoms with Gasteiger partial charge in [0.2, 0.25) is 0 Å². The molecule has 4 heteroatoms. The Labute approximate surface area is 115 Å². The maximum atomic E-state index is 10.4. The Hall–Kier alpha value is -2.07. The van der Waals surface area contributed by atoms with Gasteiger partial charge in [0.1, 0.15) is 5.75 Å². The summed E-state index contributed by atoms with van der Waals surface area (Å²) in [6.07, 6.45) is 3.57. The first kappa shape index (κ1) is 13.4. The van der Waals surface area contributed by atoms with Gasteiger partial charge in [0.15, 0.2) is 0 Å². The van der Waals surface area contributed by atoms with E-state index in [-0.39, 0.29) is 0 Å². The van der Waals surface area contributed by atoms with Crippen molar-refractivity contribution in [3.63, 3.8) is 0 Å². The van der Waals surface area contributed by atoms with Gasteiger partial charge in [-0.15, -0.1) is 11.3 Å². The van der Waals surface area contributed by atoms with Gasteiger partial charge in [0, 0.05) is 17.4 Å². The molecule has 0 amide bonds. The number of aliphatic carboxylic acids is 1. The lowest BCUT2D eigenvalue weighted by atomic mass is 10.2. The quantitative estimate of drug-likeness (QED) is 0.820. The summed E-state index contributed by atoms with van der Waals surface area (Å²) in [6, 6.07) is 11.5. The predicted molar refractivity (Wildman–Crippen MR) is 76.6 cm³/mol. The van der Waals surface area contributed by atoms with Gasteiger partial charge in [-0.05, 0) is 35.2 Å². The van der Waals surface area contributed by atoms with E-state index >= 15 is 0 Å². The van der Waals surface area contributed by atoms with Crippen LogP contribution in [0.2, 0.25) is 0 Å². The number of benzene rings is 1. The van der Waals surface area contributed by atoms with Crippen molar-refractivity contribution in [1.82, 2.24) is 0 Å². The highest BCUT2D eigenvalue weighted by Crippen LogP contribution is 2.15. The molecule has 0 bridgehead atoms. The Morgan fingerprint density at radius 3 is 2.68 bits per heavy atom. The van der Waals surface area contributed by atoms with Crippen LogP contribution in [0.15, 0.2) is 47.9 Å². The summed E-state index contributed by atoms with van der Waals surface area (Å²) < 4.78 is 5.63. The molecule has 0 spiro atoms. The van der Waals surface area contributed by atoms with E-state index in [1.54, 1.807) is 17.4 Å². The van der Waals surface area contributed by atoms with Crippen molar-refractivity contribution < 1.29 is 14.6 Å². The molecular weight excluding hydrogens is 260 g/mol. The van der Waals surface area contributed by atoms with Gasteiger partial charge < -0.3 is 9.84 Å². The van der Waals surface area contributed by atoms with Crippen molar-refractivity contribution >= 4 is 23.4 Å². The lowest BCUT2D eigenvalue weighted by molar-refractivity contribution is -0.131. The Bertz CT molecular complexity index is 541.